The monoisotopic (exact) mass is 483 g/mol. The third-order valence-electron chi connectivity index (χ3n) is 5.25. The average Bonchev–Trinajstić information content (AvgIpc) is 2.80. The lowest BCUT2D eigenvalue weighted by atomic mass is 10.0. The SMILES string of the molecule is CCCCn1c(N)c(N(C)CC(=O)Nc2ccc(Cl)cc2C(=O)c2ccccc2)c(=O)[nH]c1=O. The largest absolute Gasteiger partial charge is 0.383 e. The molecule has 0 bridgehead atoms. The number of unbranched alkanes of at least 4 members (excludes halogenated alkanes) is 1. The van der Waals surface area contributed by atoms with Gasteiger partial charge in [0.1, 0.15) is 11.5 Å². The van der Waals surface area contributed by atoms with Crippen molar-refractivity contribution >= 4 is 40.5 Å². The van der Waals surface area contributed by atoms with Gasteiger partial charge in [-0.15, -0.1) is 0 Å². The van der Waals surface area contributed by atoms with E-state index in [0.717, 1.165) is 6.42 Å². The average molecular weight is 484 g/mol. The topological polar surface area (TPSA) is 130 Å². The minimum Gasteiger partial charge on any atom is -0.383 e. The van der Waals surface area contributed by atoms with Gasteiger partial charge in [-0.05, 0) is 24.6 Å². The van der Waals surface area contributed by atoms with Crippen LogP contribution in [-0.2, 0) is 11.3 Å². The van der Waals surface area contributed by atoms with Crippen LogP contribution in [-0.4, -0.2) is 34.8 Å². The van der Waals surface area contributed by atoms with Crippen molar-refractivity contribution in [3.63, 3.8) is 0 Å². The number of amides is 1. The van der Waals surface area contributed by atoms with Crippen LogP contribution in [0.4, 0.5) is 17.2 Å². The summed E-state index contributed by atoms with van der Waals surface area (Å²) in [6, 6.07) is 13.2. The number of nitrogens with two attached hydrogens (primary N) is 1. The standard InChI is InChI=1S/C24H26ClN5O4/c1-3-4-12-30-22(26)20(23(33)28-24(30)34)29(2)14-19(31)27-18-11-10-16(25)13-17(18)21(32)15-8-6-5-7-9-15/h5-11,13H,3-4,12,14,26H2,1-2H3,(H,27,31)(H,28,33,34). The van der Waals surface area contributed by atoms with Gasteiger partial charge in [0.15, 0.2) is 5.78 Å². The summed E-state index contributed by atoms with van der Waals surface area (Å²) < 4.78 is 1.28. The molecule has 0 aliphatic rings. The number of nitrogens with one attached hydrogen (secondary N) is 2. The summed E-state index contributed by atoms with van der Waals surface area (Å²) in [5.74, 6) is -0.795. The molecule has 178 valence electrons. The van der Waals surface area contributed by atoms with Crippen LogP contribution >= 0.6 is 11.6 Å². The van der Waals surface area contributed by atoms with E-state index in [9.17, 15) is 19.2 Å². The smallest absolute Gasteiger partial charge is 0.330 e. The van der Waals surface area contributed by atoms with Gasteiger partial charge in [0, 0.05) is 29.7 Å². The normalized spacial score (nSPS) is 10.7. The zero-order valence-electron chi connectivity index (χ0n) is 18.9. The summed E-state index contributed by atoms with van der Waals surface area (Å²) in [5.41, 5.74) is 5.82. The van der Waals surface area contributed by atoms with Gasteiger partial charge in [-0.25, -0.2) is 4.79 Å². The number of likely N-dealkylation sites (N-methyl/N-ethyl adjacent to an activating group) is 1. The minimum atomic E-state index is -0.683. The highest BCUT2D eigenvalue weighted by atomic mass is 35.5. The Labute approximate surface area is 201 Å². The van der Waals surface area contributed by atoms with Gasteiger partial charge in [-0.1, -0.05) is 55.3 Å². The van der Waals surface area contributed by atoms with Gasteiger partial charge in [-0.3, -0.25) is 23.9 Å². The molecule has 0 spiro atoms. The number of carbonyl (C=O) groups is 2. The lowest BCUT2D eigenvalue weighted by Crippen LogP contribution is -2.39. The van der Waals surface area contributed by atoms with Crippen molar-refractivity contribution in [3.8, 4) is 0 Å². The van der Waals surface area contributed by atoms with E-state index < -0.39 is 17.2 Å². The van der Waals surface area contributed by atoms with Crippen LogP contribution in [0, 0.1) is 0 Å². The molecule has 0 fully saturated rings. The number of nitrogens with zero attached hydrogens (tertiary/aromatic N) is 2. The van der Waals surface area contributed by atoms with Gasteiger partial charge in [0.05, 0.1) is 12.2 Å². The van der Waals surface area contributed by atoms with Crippen molar-refractivity contribution in [2.24, 2.45) is 0 Å². The summed E-state index contributed by atoms with van der Waals surface area (Å²) in [6.07, 6.45) is 1.54. The highest BCUT2D eigenvalue weighted by Crippen LogP contribution is 2.24. The number of hydrogen-bond acceptors (Lipinski definition) is 6. The molecule has 0 saturated carbocycles. The third-order valence-corrected chi connectivity index (χ3v) is 5.48. The molecule has 2 aromatic carbocycles. The Morgan fingerprint density at radius 2 is 1.85 bits per heavy atom. The van der Waals surface area contributed by atoms with Gasteiger partial charge in [-0.2, -0.15) is 0 Å². The first-order chi connectivity index (χ1) is 16.2. The second-order valence-electron chi connectivity index (χ2n) is 7.79. The molecule has 34 heavy (non-hydrogen) atoms. The van der Waals surface area contributed by atoms with Crippen molar-refractivity contribution in [2.75, 3.05) is 29.5 Å². The van der Waals surface area contributed by atoms with E-state index in [1.165, 1.54) is 22.6 Å². The summed E-state index contributed by atoms with van der Waals surface area (Å²) in [5, 5.41) is 3.06. The molecule has 3 aromatic rings. The first-order valence-electron chi connectivity index (χ1n) is 10.8. The fraction of sp³-hybridized carbons (Fsp3) is 0.250. The van der Waals surface area contributed by atoms with Gasteiger partial charge in [0.2, 0.25) is 5.91 Å². The molecule has 3 rings (SSSR count). The molecule has 1 aromatic heterocycles. The maximum atomic E-state index is 13.0. The van der Waals surface area contributed by atoms with Crippen molar-refractivity contribution in [2.45, 2.75) is 26.3 Å². The minimum absolute atomic E-state index is 0.0102. The predicted octanol–water partition coefficient (Wildman–Crippen LogP) is 2.88. The molecule has 0 radical (unpaired) electrons. The molecular weight excluding hydrogens is 458 g/mol. The Morgan fingerprint density at radius 3 is 2.53 bits per heavy atom. The van der Waals surface area contributed by atoms with Crippen LogP contribution in [0.1, 0.15) is 35.7 Å². The van der Waals surface area contributed by atoms with E-state index in [1.54, 1.807) is 42.5 Å². The molecule has 1 heterocycles. The quantitative estimate of drug-likeness (QED) is 0.401. The Bertz CT molecular complexity index is 1320. The Morgan fingerprint density at radius 1 is 1.15 bits per heavy atom. The number of aromatic amines is 1. The molecule has 0 unspecified atom stereocenters. The van der Waals surface area contributed by atoms with E-state index in [-0.39, 0.29) is 35.1 Å². The lowest BCUT2D eigenvalue weighted by Gasteiger charge is -2.21. The number of hydrogen-bond donors (Lipinski definition) is 3. The molecule has 10 heteroatoms. The van der Waals surface area contributed by atoms with E-state index in [2.05, 4.69) is 10.3 Å². The van der Waals surface area contributed by atoms with E-state index in [1.807, 2.05) is 6.92 Å². The highest BCUT2D eigenvalue weighted by Gasteiger charge is 2.20. The summed E-state index contributed by atoms with van der Waals surface area (Å²) in [6.45, 7) is 2.07. The second kappa shape index (κ2) is 10.8. The maximum absolute atomic E-state index is 13.0. The number of ketones is 1. The number of H-pyrrole nitrogens is 1. The highest BCUT2D eigenvalue weighted by molar-refractivity contribution is 6.31. The molecule has 0 saturated heterocycles. The van der Waals surface area contributed by atoms with E-state index in [4.69, 9.17) is 17.3 Å². The summed E-state index contributed by atoms with van der Waals surface area (Å²) in [7, 11) is 1.52. The fourth-order valence-electron chi connectivity index (χ4n) is 3.53. The Kier molecular flexibility index (Phi) is 7.91. The number of nitrogen functional groups attached to an aromatic ring is 1. The van der Waals surface area contributed by atoms with Crippen LogP contribution in [0.3, 0.4) is 0 Å². The van der Waals surface area contributed by atoms with Crippen molar-refractivity contribution in [1.29, 1.82) is 0 Å². The summed E-state index contributed by atoms with van der Waals surface area (Å²) >= 11 is 6.09. The summed E-state index contributed by atoms with van der Waals surface area (Å²) in [4.78, 5) is 54.0. The van der Waals surface area contributed by atoms with Crippen LogP contribution in [0.2, 0.25) is 5.02 Å². The molecule has 0 aliphatic carbocycles. The second-order valence-corrected chi connectivity index (χ2v) is 8.22. The fourth-order valence-corrected chi connectivity index (χ4v) is 3.70. The first-order valence-corrected chi connectivity index (χ1v) is 11.1. The molecule has 1 amide bonds. The first kappa shape index (κ1) is 24.8. The zero-order chi connectivity index (χ0) is 24.8. The zero-order valence-corrected chi connectivity index (χ0v) is 19.7. The van der Waals surface area contributed by atoms with Crippen molar-refractivity contribution < 1.29 is 9.59 Å². The number of halogens is 1. The number of anilines is 3. The molecule has 0 atom stereocenters. The number of aromatic nitrogens is 2. The van der Waals surface area contributed by atoms with Gasteiger partial charge < -0.3 is 16.0 Å². The molecule has 4 N–H and O–H groups in total. The van der Waals surface area contributed by atoms with E-state index in [0.29, 0.717) is 23.6 Å². The molecular formula is C24H26ClN5O4. The van der Waals surface area contributed by atoms with E-state index >= 15 is 0 Å². The maximum Gasteiger partial charge on any atom is 0.330 e. The van der Waals surface area contributed by atoms with Gasteiger partial charge >= 0.3 is 5.69 Å². The van der Waals surface area contributed by atoms with Crippen molar-refractivity contribution in [3.05, 3.63) is 85.5 Å². The Balaban J connectivity index is 1.84. The number of benzene rings is 2. The van der Waals surface area contributed by atoms with Crippen LogP contribution in [0.15, 0.2) is 58.1 Å². The number of rotatable bonds is 9. The lowest BCUT2D eigenvalue weighted by molar-refractivity contribution is -0.114. The molecule has 0 aliphatic heterocycles. The predicted molar refractivity (Wildman–Crippen MR) is 134 cm³/mol. The third kappa shape index (κ3) is 5.55. The molecule has 9 nitrogen and oxygen atoms in total. The number of carbonyl (C=O) groups excluding carboxylic acids is 2. The van der Waals surface area contributed by atoms with Crippen LogP contribution < -0.4 is 27.2 Å². The van der Waals surface area contributed by atoms with Crippen molar-refractivity contribution in [1.82, 2.24) is 9.55 Å². The van der Waals surface area contributed by atoms with Crippen LogP contribution in [0.5, 0.6) is 0 Å². The Hall–Kier alpha value is -3.85. The van der Waals surface area contributed by atoms with Crippen LogP contribution in [0.25, 0.3) is 0 Å². The van der Waals surface area contributed by atoms with Gasteiger partial charge in [0.25, 0.3) is 5.56 Å².